The lowest BCUT2D eigenvalue weighted by molar-refractivity contribution is -0.118. The van der Waals surface area contributed by atoms with E-state index in [1.807, 2.05) is 0 Å². The number of nitrogens with zero attached hydrogens (tertiary/aromatic N) is 1. The zero-order chi connectivity index (χ0) is 18.1. The van der Waals surface area contributed by atoms with Crippen LogP contribution in [0.1, 0.15) is 70.8 Å². The smallest absolute Gasteiger partial charge is 0.180 e. The van der Waals surface area contributed by atoms with E-state index in [-0.39, 0.29) is 5.92 Å². The SMILES string of the molecule is CCCC(C)Cc1ccccc1N=C1C(=O)C2CCCC3CCCC1C32. The van der Waals surface area contributed by atoms with Gasteiger partial charge in [-0.15, -0.1) is 0 Å². The summed E-state index contributed by atoms with van der Waals surface area (Å²) in [5.74, 6) is 3.17. The van der Waals surface area contributed by atoms with Gasteiger partial charge in [-0.3, -0.25) is 4.79 Å². The molecule has 5 unspecified atom stereocenters. The molecule has 2 heteroatoms. The number of hydrogen-bond donors (Lipinski definition) is 0. The Morgan fingerprint density at radius 1 is 1.08 bits per heavy atom. The lowest BCUT2D eigenvalue weighted by atomic mass is 9.65. The van der Waals surface area contributed by atoms with Gasteiger partial charge in [-0.1, -0.05) is 70.6 Å². The van der Waals surface area contributed by atoms with Gasteiger partial charge in [0.2, 0.25) is 0 Å². The van der Waals surface area contributed by atoms with Crippen molar-refractivity contribution >= 4 is 17.2 Å². The monoisotopic (exact) mass is 351 g/mol. The Morgan fingerprint density at radius 3 is 2.58 bits per heavy atom. The van der Waals surface area contributed by atoms with Crippen molar-refractivity contribution < 1.29 is 4.79 Å². The molecule has 0 N–H and O–H groups in total. The molecule has 1 aromatic rings. The van der Waals surface area contributed by atoms with Crippen molar-refractivity contribution in [3.05, 3.63) is 29.8 Å². The summed E-state index contributed by atoms with van der Waals surface area (Å²) in [5.41, 5.74) is 3.30. The second-order valence-corrected chi connectivity index (χ2v) is 9.00. The minimum Gasteiger partial charge on any atom is -0.292 e. The first-order valence-corrected chi connectivity index (χ1v) is 10.9. The molecular weight excluding hydrogens is 318 g/mol. The highest BCUT2D eigenvalue weighted by molar-refractivity contribution is 6.44. The van der Waals surface area contributed by atoms with Crippen molar-refractivity contribution in [2.45, 2.75) is 71.6 Å². The van der Waals surface area contributed by atoms with Gasteiger partial charge in [0.25, 0.3) is 0 Å². The van der Waals surface area contributed by atoms with Crippen molar-refractivity contribution in [3.63, 3.8) is 0 Å². The largest absolute Gasteiger partial charge is 0.292 e. The molecule has 0 spiro atoms. The maximum Gasteiger partial charge on any atom is 0.180 e. The Labute approximate surface area is 158 Å². The van der Waals surface area contributed by atoms with E-state index in [0.717, 1.165) is 30.2 Å². The number of carbonyl (C=O) groups is 1. The number of para-hydroxylation sites is 1. The van der Waals surface area contributed by atoms with Gasteiger partial charge < -0.3 is 0 Å². The van der Waals surface area contributed by atoms with Crippen molar-refractivity contribution in [2.75, 3.05) is 0 Å². The Morgan fingerprint density at radius 2 is 1.81 bits per heavy atom. The second-order valence-electron chi connectivity index (χ2n) is 9.00. The summed E-state index contributed by atoms with van der Waals surface area (Å²) < 4.78 is 0. The third kappa shape index (κ3) is 3.28. The van der Waals surface area contributed by atoms with Gasteiger partial charge in [-0.05, 0) is 48.6 Å². The molecule has 3 fully saturated rings. The van der Waals surface area contributed by atoms with Gasteiger partial charge in [0.15, 0.2) is 5.78 Å². The van der Waals surface area contributed by atoms with Crippen LogP contribution >= 0.6 is 0 Å². The fraction of sp³-hybridized carbons (Fsp3) is 0.667. The normalized spacial score (nSPS) is 33.3. The van der Waals surface area contributed by atoms with Crippen LogP contribution < -0.4 is 0 Å². The molecule has 0 amide bonds. The molecule has 0 heterocycles. The third-order valence-corrected chi connectivity index (χ3v) is 7.18. The molecule has 0 aliphatic heterocycles. The van der Waals surface area contributed by atoms with Gasteiger partial charge >= 0.3 is 0 Å². The van der Waals surface area contributed by atoms with E-state index in [9.17, 15) is 4.79 Å². The quantitative estimate of drug-likeness (QED) is 0.625. The standard InChI is InChI=1S/C24H33NO/c1-3-8-16(2)15-18-9-4-5-14-21(18)25-23-19-12-6-10-17-11-7-13-20(22(17)19)24(23)26/h4-5,9,14,16-17,19-20,22H,3,6-8,10-13,15H2,1-2H3. The highest BCUT2D eigenvalue weighted by atomic mass is 16.1. The average molecular weight is 352 g/mol. The Balaban J connectivity index is 1.65. The average Bonchev–Trinajstić information content (AvgIpc) is 2.92. The summed E-state index contributed by atoms with van der Waals surface area (Å²) in [6.07, 6.45) is 11.0. The number of benzene rings is 1. The molecule has 0 saturated heterocycles. The molecule has 3 aliphatic rings. The molecule has 1 aromatic carbocycles. The summed E-state index contributed by atoms with van der Waals surface area (Å²) in [6, 6.07) is 8.52. The summed E-state index contributed by atoms with van der Waals surface area (Å²) in [7, 11) is 0. The molecule has 2 nitrogen and oxygen atoms in total. The number of carbonyl (C=O) groups excluding carboxylic acids is 1. The molecule has 140 valence electrons. The third-order valence-electron chi connectivity index (χ3n) is 7.18. The first-order chi connectivity index (χ1) is 12.7. The van der Waals surface area contributed by atoms with E-state index in [4.69, 9.17) is 4.99 Å². The minimum absolute atomic E-state index is 0.281. The summed E-state index contributed by atoms with van der Waals surface area (Å²) in [5, 5.41) is 0. The number of Topliss-reactive ketones (excluding diaryl/α,β-unsaturated/α-hetero) is 1. The maximum atomic E-state index is 13.2. The minimum atomic E-state index is 0.281. The molecule has 0 aromatic heterocycles. The predicted molar refractivity (Wildman–Crippen MR) is 108 cm³/mol. The van der Waals surface area contributed by atoms with Crippen molar-refractivity contribution in [1.82, 2.24) is 0 Å². The topological polar surface area (TPSA) is 29.4 Å². The van der Waals surface area contributed by atoms with Gasteiger partial charge in [0, 0.05) is 11.8 Å². The molecule has 0 bridgehead atoms. The molecule has 4 rings (SSSR count). The van der Waals surface area contributed by atoms with Gasteiger partial charge in [-0.25, -0.2) is 4.99 Å². The highest BCUT2D eigenvalue weighted by Gasteiger charge is 2.52. The van der Waals surface area contributed by atoms with Gasteiger partial charge in [0.1, 0.15) is 0 Å². The Hall–Kier alpha value is -1.44. The number of rotatable bonds is 5. The van der Waals surface area contributed by atoms with Crippen LogP contribution in [-0.2, 0) is 11.2 Å². The molecule has 0 radical (unpaired) electrons. The van der Waals surface area contributed by atoms with Gasteiger partial charge in [-0.2, -0.15) is 0 Å². The Kier molecular flexibility index (Phi) is 5.29. The molecule has 26 heavy (non-hydrogen) atoms. The Bertz CT molecular complexity index is 689. The van der Waals surface area contributed by atoms with Crippen molar-refractivity contribution in [1.29, 1.82) is 0 Å². The zero-order valence-electron chi connectivity index (χ0n) is 16.4. The first-order valence-electron chi connectivity index (χ1n) is 10.9. The molecule has 3 saturated carbocycles. The summed E-state index contributed by atoms with van der Waals surface area (Å²) in [6.45, 7) is 4.58. The molecule has 3 aliphatic carbocycles. The fourth-order valence-corrected chi connectivity index (χ4v) is 6.08. The fourth-order valence-electron chi connectivity index (χ4n) is 6.08. The van der Waals surface area contributed by atoms with Crippen LogP contribution in [0, 0.1) is 29.6 Å². The van der Waals surface area contributed by atoms with E-state index >= 15 is 0 Å². The molecule has 5 atom stereocenters. The van der Waals surface area contributed by atoms with Crippen LogP contribution in [0.5, 0.6) is 0 Å². The van der Waals surface area contributed by atoms with Crippen LogP contribution in [0.3, 0.4) is 0 Å². The van der Waals surface area contributed by atoms with E-state index in [0.29, 0.717) is 23.5 Å². The number of aliphatic imine (C=N–C) groups is 1. The zero-order valence-corrected chi connectivity index (χ0v) is 16.4. The maximum absolute atomic E-state index is 13.2. The van der Waals surface area contributed by atoms with Crippen molar-refractivity contribution in [3.8, 4) is 0 Å². The van der Waals surface area contributed by atoms with Crippen LogP contribution in [0.4, 0.5) is 5.69 Å². The summed E-state index contributed by atoms with van der Waals surface area (Å²) in [4.78, 5) is 18.3. The van der Waals surface area contributed by atoms with Crippen LogP contribution in [-0.4, -0.2) is 11.5 Å². The van der Waals surface area contributed by atoms with E-state index in [1.165, 1.54) is 50.5 Å². The van der Waals surface area contributed by atoms with Crippen molar-refractivity contribution in [2.24, 2.45) is 34.6 Å². The lowest BCUT2D eigenvalue weighted by Gasteiger charge is -2.39. The van der Waals surface area contributed by atoms with Crippen LogP contribution in [0.2, 0.25) is 0 Å². The van der Waals surface area contributed by atoms with Gasteiger partial charge in [0.05, 0.1) is 11.4 Å². The molecular formula is C24H33NO. The summed E-state index contributed by atoms with van der Waals surface area (Å²) >= 11 is 0. The van der Waals surface area contributed by atoms with Crippen LogP contribution in [0.25, 0.3) is 0 Å². The van der Waals surface area contributed by atoms with E-state index < -0.39 is 0 Å². The first kappa shape index (κ1) is 17.9. The highest BCUT2D eigenvalue weighted by Crippen LogP contribution is 2.52. The predicted octanol–water partition coefficient (Wildman–Crippen LogP) is 6.15. The van der Waals surface area contributed by atoms with E-state index in [2.05, 4.69) is 38.1 Å². The second kappa shape index (κ2) is 7.66. The lowest BCUT2D eigenvalue weighted by Crippen LogP contribution is -2.33. The number of hydrogen-bond acceptors (Lipinski definition) is 2. The van der Waals surface area contributed by atoms with Crippen LogP contribution in [0.15, 0.2) is 29.3 Å². The van der Waals surface area contributed by atoms with E-state index in [1.54, 1.807) is 0 Å². The number of ketones is 1.